The first kappa shape index (κ1) is 17.5. The molecule has 1 aromatic rings. The summed E-state index contributed by atoms with van der Waals surface area (Å²) in [5, 5.41) is 7.60. The summed E-state index contributed by atoms with van der Waals surface area (Å²) in [7, 11) is -1.90. The second-order valence-corrected chi connectivity index (χ2v) is 6.84. The third kappa shape index (κ3) is 5.08. The number of sulfonamides is 1. The number of hydrogen-bond acceptors (Lipinski definition) is 5. The summed E-state index contributed by atoms with van der Waals surface area (Å²) in [6.07, 6.45) is 0.783. The molecule has 0 fully saturated rings. The van der Waals surface area contributed by atoms with Gasteiger partial charge in [0, 0.05) is 18.8 Å². The lowest BCUT2D eigenvalue weighted by atomic mass is 10.1. The van der Waals surface area contributed by atoms with Gasteiger partial charge in [0.05, 0.1) is 26.1 Å². The van der Waals surface area contributed by atoms with Crippen molar-refractivity contribution in [2.75, 3.05) is 44.1 Å². The second-order valence-electron chi connectivity index (χ2n) is 5.11. The molecular weight excluding hydrogens is 322 g/mol. The van der Waals surface area contributed by atoms with E-state index in [1.807, 2.05) is 18.2 Å². The maximum atomic E-state index is 12.2. The Labute approximate surface area is 135 Å². The van der Waals surface area contributed by atoms with E-state index < -0.39 is 10.0 Å². The molecule has 0 unspecified atom stereocenters. The summed E-state index contributed by atoms with van der Waals surface area (Å²) in [6, 6.07) is 5.41. The summed E-state index contributed by atoms with van der Waals surface area (Å²) in [5.41, 5.74) is 1.95. The Kier molecular flexibility index (Phi) is 5.80. The molecule has 23 heavy (non-hydrogen) atoms. The van der Waals surface area contributed by atoms with Crippen LogP contribution in [0.3, 0.4) is 0 Å². The van der Waals surface area contributed by atoms with Crippen molar-refractivity contribution in [3.8, 4) is 5.75 Å². The Morgan fingerprint density at radius 2 is 2.17 bits per heavy atom. The van der Waals surface area contributed by atoms with Crippen LogP contribution in [0.4, 0.5) is 10.5 Å². The maximum absolute atomic E-state index is 12.2. The highest BCUT2D eigenvalue weighted by atomic mass is 32.2. The fourth-order valence-electron chi connectivity index (χ4n) is 2.32. The Balaban J connectivity index is 1.76. The van der Waals surface area contributed by atoms with Gasteiger partial charge < -0.3 is 14.8 Å². The third-order valence-corrected chi connectivity index (χ3v) is 4.20. The van der Waals surface area contributed by atoms with Gasteiger partial charge in [0.2, 0.25) is 10.0 Å². The van der Waals surface area contributed by atoms with Gasteiger partial charge in [0.25, 0.3) is 0 Å². The number of methoxy groups -OCH3 is 1. The number of nitrogens with one attached hydrogen (secondary N) is 1. The zero-order chi connectivity index (χ0) is 16.9. The molecule has 128 valence electrons. The molecule has 3 N–H and O–H groups in total. The number of benzene rings is 1. The van der Waals surface area contributed by atoms with Gasteiger partial charge in [0.15, 0.2) is 0 Å². The van der Waals surface area contributed by atoms with Crippen LogP contribution < -0.4 is 20.1 Å². The number of carbonyl (C=O) groups excluding carboxylic acids is 1. The van der Waals surface area contributed by atoms with Crippen LogP contribution in [0.15, 0.2) is 18.2 Å². The zero-order valence-corrected chi connectivity index (χ0v) is 13.8. The highest BCUT2D eigenvalue weighted by molar-refractivity contribution is 7.89. The molecule has 9 heteroatoms. The van der Waals surface area contributed by atoms with Gasteiger partial charge in [-0.3, -0.25) is 4.90 Å². The van der Waals surface area contributed by atoms with Gasteiger partial charge in [-0.05, 0) is 30.2 Å². The number of fused-ring (bicyclic) bond motifs is 1. The fraction of sp³-hybridized carbons (Fsp3) is 0.500. The Morgan fingerprint density at radius 1 is 1.39 bits per heavy atom. The van der Waals surface area contributed by atoms with Crippen molar-refractivity contribution in [2.45, 2.75) is 6.42 Å². The summed E-state index contributed by atoms with van der Waals surface area (Å²) < 4.78 is 31.7. The van der Waals surface area contributed by atoms with Gasteiger partial charge >= 0.3 is 6.03 Å². The number of nitrogens with zero attached hydrogens (tertiary/aromatic N) is 1. The minimum absolute atomic E-state index is 0.0149. The van der Waals surface area contributed by atoms with Gasteiger partial charge in [-0.1, -0.05) is 0 Å². The minimum atomic E-state index is -3.51. The highest BCUT2D eigenvalue weighted by Gasteiger charge is 2.24. The number of urea groups is 1. The van der Waals surface area contributed by atoms with Crippen LogP contribution in [0.2, 0.25) is 0 Å². The van der Waals surface area contributed by atoms with Gasteiger partial charge in [-0.25, -0.2) is 18.4 Å². The van der Waals surface area contributed by atoms with Gasteiger partial charge in [-0.2, -0.15) is 0 Å². The first-order valence-corrected chi connectivity index (χ1v) is 8.93. The summed E-state index contributed by atoms with van der Waals surface area (Å²) in [6.45, 7) is 1.15. The van der Waals surface area contributed by atoms with E-state index in [1.165, 1.54) is 0 Å². The molecule has 1 aromatic carbocycles. The van der Waals surface area contributed by atoms with E-state index in [0.717, 1.165) is 23.4 Å². The number of rotatable bonds is 7. The number of amides is 2. The van der Waals surface area contributed by atoms with Crippen LogP contribution in [0, 0.1) is 0 Å². The maximum Gasteiger partial charge on any atom is 0.321 e. The lowest BCUT2D eigenvalue weighted by Gasteiger charge is -2.18. The second kappa shape index (κ2) is 7.62. The van der Waals surface area contributed by atoms with Crippen LogP contribution in [-0.2, 0) is 21.2 Å². The molecule has 1 heterocycles. The number of hydrogen-bond donors (Lipinski definition) is 2. The molecule has 0 saturated heterocycles. The van der Waals surface area contributed by atoms with Crippen LogP contribution in [0.1, 0.15) is 5.56 Å². The third-order valence-electron chi connectivity index (χ3n) is 3.46. The molecule has 8 nitrogen and oxygen atoms in total. The predicted octanol–water partition coefficient (Wildman–Crippen LogP) is 0.0724. The van der Waals surface area contributed by atoms with Crippen molar-refractivity contribution in [3.63, 3.8) is 0 Å². The number of carbonyl (C=O) groups is 1. The SMILES string of the molecule is COc1ccc2c(c1)CCN2C(=O)NCCOCCS(N)(=O)=O. The number of anilines is 1. The van der Waals surface area contributed by atoms with E-state index in [4.69, 9.17) is 14.6 Å². The molecule has 1 aliphatic rings. The lowest BCUT2D eigenvalue weighted by Crippen LogP contribution is -2.40. The standard InChI is InChI=1S/C14H21N3O5S/c1-21-12-2-3-13-11(10-12)4-6-17(13)14(18)16-5-7-22-8-9-23(15,19)20/h2-3,10H,4-9H2,1H3,(H,16,18)(H2,15,19,20). The van der Waals surface area contributed by atoms with Gasteiger partial charge in [0.1, 0.15) is 5.75 Å². The van der Waals surface area contributed by atoms with Crippen LogP contribution in [0.5, 0.6) is 5.75 Å². The summed E-state index contributed by atoms with van der Waals surface area (Å²) >= 11 is 0. The molecule has 0 radical (unpaired) electrons. The average Bonchev–Trinajstić information content (AvgIpc) is 2.92. The number of ether oxygens (including phenoxy) is 2. The molecule has 0 aromatic heterocycles. The van der Waals surface area contributed by atoms with E-state index in [1.54, 1.807) is 12.0 Å². The number of primary sulfonamides is 1. The molecule has 0 aliphatic carbocycles. The molecule has 1 aliphatic heterocycles. The highest BCUT2D eigenvalue weighted by Crippen LogP contribution is 2.31. The normalized spacial score (nSPS) is 13.7. The van der Waals surface area contributed by atoms with Crippen molar-refractivity contribution in [1.82, 2.24) is 5.32 Å². The van der Waals surface area contributed by atoms with Crippen molar-refractivity contribution >= 4 is 21.7 Å². The monoisotopic (exact) mass is 343 g/mol. The molecule has 0 saturated carbocycles. The predicted molar refractivity (Wildman–Crippen MR) is 86.2 cm³/mol. The minimum Gasteiger partial charge on any atom is -0.497 e. The molecular formula is C14H21N3O5S. The molecule has 0 bridgehead atoms. The van der Waals surface area contributed by atoms with E-state index in [0.29, 0.717) is 13.1 Å². The van der Waals surface area contributed by atoms with Crippen molar-refractivity contribution in [2.24, 2.45) is 5.14 Å². The molecule has 0 spiro atoms. The lowest BCUT2D eigenvalue weighted by molar-refractivity contribution is 0.151. The van der Waals surface area contributed by atoms with Crippen molar-refractivity contribution in [3.05, 3.63) is 23.8 Å². The van der Waals surface area contributed by atoms with Crippen LogP contribution in [0.25, 0.3) is 0 Å². The number of nitrogens with two attached hydrogens (primary N) is 1. The zero-order valence-electron chi connectivity index (χ0n) is 12.9. The largest absolute Gasteiger partial charge is 0.497 e. The van der Waals surface area contributed by atoms with E-state index in [2.05, 4.69) is 5.32 Å². The Morgan fingerprint density at radius 3 is 2.87 bits per heavy atom. The molecule has 2 rings (SSSR count). The van der Waals surface area contributed by atoms with E-state index in [9.17, 15) is 13.2 Å². The fourth-order valence-corrected chi connectivity index (χ4v) is 2.67. The van der Waals surface area contributed by atoms with Crippen LogP contribution >= 0.6 is 0 Å². The smallest absolute Gasteiger partial charge is 0.321 e. The van der Waals surface area contributed by atoms with Crippen LogP contribution in [-0.4, -0.2) is 53.6 Å². The Bertz CT molecular complexity index is 662. The average molecular weight is 343 g/mol. The van der Waals surface area contributed by atoms with E-state index >= 15 is 0 Å². The first-order valence-electron chi connectivity index (χ1n) is 7.21. The quantitative estimate of drug-likeness (QED) is 0.681. The Hall–Kier alpha value is -1.84. The molecule has 2 amide bonds. The van der Waals surface area contributed by atoms with E-state index in [-0.39, 0.29) is 25.0 Å². The summed E-state index contributed by atoms with van der Waals surface area (Å²) in [5.74, 6) is 0.539. The van der Waals surface area contributed by atoms with Crippen molar-refractivity contribution in [1.29, 1.82) is 0 Å². The topological polar surface area (TPSA) is 111 Å². The first-order chi connectivity index (χ1) is 10.9. The molecule has 0 atom stereocenters. The van der Waals surface area contributed by atoms with Gasteiger partial charge in [-0.15, -0.1) is 0 Å². The van der Waals surface area contributed by atoms with Crippen molar-refractivity contribution < 1.29 is 22.7 Å². The summed E-state index contributed by atoms with van der Waals surface area (Å²) in [4.78, 5) is 13.8.